The molecule has 0 spiro atoms. The van der Waals surface area contributed by atoms with Crippen LogP contribution in [0.1, 0.15) is 44.2 Å². The summed E-state index contributed by atoms with van der Waals surface area (Å²) in [6.07, 6.45) is 3.37. The van der Waals surface area contributed by atoms with Crippen LogP contribution >= 0.6 is 0 Å². The summed E-state index contributed by atoms with van der Waals surface area (Å²) < 4.78 is 0. The van der Waals surface area contributed by atoms with E-state index < -0.39 is 6.04 Å². The fourth-order valence-electron chi connectivity index (χ4n) is 2.47. The van der Waals surface area contributed by atoms with Gasteiger partial charge in [0, 0.05) is 17.1 Å². The lowest BCUT2D eigenvalue weighted by atomic mass is 9.91. The Balaban J connectivity index is 2.30. The highest BCUT2D eigenvalue weighted by molar-refractivity contribution is 5.85. The van der Waals surface area contributed by atoms with Crippen LogP contribution in [-0.2, 0) is 0 Å². The Morgan fingerprint density at radius 1 is 1.39 bits per heavy atom. The summed E-state index contributed by atoms with van der Waals surface area (Å²) in [5.74, 6) is 0. The Morgan fingerprint density at radius 2 is 2.11 bits per heavy atom. The summed E-state index contributed by atoms with van der Waals surface area (Å²) in [5, 5.41) is 11.1. The van der Waals surface area contributed by atoms with E-state index in [0.29, 0.717) is 6.42 Å². The van der Waals surface area contributed by atoms with Crippen molar-refractivity contribution in [3.63, 3.8) is 0 Å². The van der Waals surface area contributed by atoms with Gasteiger partial charge in [-0.3, -0.25) is 15.1 Å². The molecule has 0 saturated heterocycles. The van der Waals surface area contributed by atoms with Gasteiger partial charge >= 0.3 is 0 Å². The highest BCUT2D eigenvalue weighted by Gasteiger charge is 2.35. The van der Waals surface area contributed by atoms with Gasteiger partial charge in [0.05, 0.1) is 0 Å². The van der Waals surface area contributed by atoms with E-state index in [0.717, 1.165) is 30.5 Å². The SMILES string of the molecule is CCCC1=NC(c2ccccc2)C([N+](=O)[O-])CC1. The maximum Gasteiger partial charge on any atom is 0.239 e. The number of hydrogen-bond acceptors (Lipinski definition) is 3. The minimum absolute atomic E-state index is 0.177. The van der Waals surface area contributed by atoms with E-state index in [1.807, 2.05) is 30.3 Å². The van der Waals surface area contributed by atoms with Gasteiger partial charge in [0.1, 0.15) is 6.04 Å². The third-order valence-corrected chi connectivity index (χ3v) is 3.37. The second-order valence-corrected chi connectivity index (χ2v) is 4.69. The molecule has 2 atom stereocenters. The average molecular weight is 246 g/mol. The van der Waals surface area contributed by atoms with Gasteiger partial charge in [0.2, 0.25) is 6.04 Å². The smallest absolute Gasteiger partial charge is 0.239 e. The van der Waals surface area contributed by atoms with Crippen molar-refractivity contribution < 1.29 is 4.92 Å². The van der Waals surface area contributed by atoms with Crippen molar-refractivity contribution in [1.29, 1.82) is 0 Å². The molecule has 0 N–H and O–H groups in total. The van der Waals surface area contributed by atoms with Crippen LogP contribution in [0.25, 0.3) is 0 Å². The topological polar surface area (TPSA) is 55.5 Å². The van der Waals surface area contributed by atoms with Gasteiger partial charge in [0.25, 0.3) is 0 Å². The standard InChI is InChI=1S/C14H18N2O2/c1-2-6-12-9-10-13(16(17)18)14(15-12)11-7-4-3-5-8-11/h3-5,7-8,13-14H,2,6,9-10H2,1H3. The lowest BCUT2D eigenvalue weighted by Crippen LogP contribution is -2.31. The molecule has 0 saturated carbocycles. The first kappa shape index (κ1) is 12.7. The van der Waals surface area contributed by atoms with Crippen LogP contribution in [-0.4, -0.2) is 16.7 Å². The Bertz CT molecular complexity index is 442. The predicted molar refractivity (Wildman–Crippen MR) is 71.5 cm³/mol. The van der Waals surface area contributed by atoms with E-state index in [4.69, 9.17) is 0 Å². The van der Waals surface area contributed by atoms with E-state index in [1.165, 1.54) is 0 Å². The number of nitro groups is 1. The maximum absolute atomic E-state index is 11.1. The molecule has 2 unspecified atom stereocenters. The quantitative estimate of drug-likeness (QED) is 0.604. The fraction of sp³-hybridized carbons (Fsp3) is 0.500. The highest BCUT2D eigenvalue weighted by atomic mass is 16.6. The van der Waals surface area contributed by atoms with E-state index >= 15 is 0 Å². The lowest BCUT2D eigenvalue weighted by molar-refractivity contribution is -0.528. The summed E-state index contributed by atoms with van der Waals surface area (Å²) in [7, 11) is 0. The first-order valence-electron chi connectivity index (χ1n) is 6.46. The van der Waals surface area contributed by atoms with Gasteiger partial charge in [-0.25, -0.2) is 0 Å². The van der Waals surface area contributed by atoms with Gasteiger partial charge in [-0.15, -0.1) is 0 Å². The predicted octanol–water partition coefficient (Wildman–Crippen LogP) is 3.41. The van der Waals surface area contributed by atoms with Gasteiger partial charge in [0.15, 0.2) is 0 Å². The molecule has 1 aromatic carbocycles. The number of hydrogen-bond donors (Lipinski definition) is 0. The van der Waals surface area contributed by atoms with E-state index in [-0.39, 0.29) is 11.0 Å². The van der Waals surface area contributed by atoms with E-state index in [1.54, 1.807) is 0 Å². The molecule has 0 fully saturated rings. The van der Waals surface area contributed by atoms with Gasteiger partial charge in [-0.1, -0.05) is 43.7 Å². The number of nitrogens with zero attached hydrogens (tertiary/aromatic N) is 2. The summed E-state index contributed by atoms with van der Waals surface area (Å²) in [5.41, 5.74) is 2.08. The summed E-state index contributed by atoms with van der Waals surface area (Å²) in [4.78, 5) is 15.6. The number of aliphatic imine (C=N–C) groups is 1. The van der Waals surface area contributed by atoms with Gasteiger partial charge < -0.3 is 0 Å². The molecular formula is C14H18N2O2. The van der Waals surface area contributed by atoms with Crippen molar-refractivity contribution in [1.82, 2.24) is 0 Å². The molecule has 1 heterocycles. The second-order valence-electron chi connectivity index (χ2n) is 4.69. The summed E-state index contributed by atoms with van der Waals surface area (Å²) in [6.45, 7) is 2.11. The Kier molecular flexibility index (Phi) is 4.07. The number of benzene rings is 1. The minimum atomic E-state index is -0.576. The van der Waals surface area contributed by atoms with Crippen LogP contribution in [0, 0.1) is 10.1 Å². The molecule has 18 heavy (non-hydrogen) atoms. The molecule has 2 rings (SSSR count). The average Bonchev–Trinajstić information content (AvgIpc) is 2.40. The normalized spacial score (nSPS) is 23.5. The largest absolute Gasteiger partial charge is 0.279 e. The van der Waals surface area contributed by atoms with Crippen molar-refractivity contribution in [3.05, 3.63) is 46.0 Å². The molecule has 4 heteroatoms. The minimum Gasteiger partial charge on any atom is -0.279 e. The molecule has 0 aromatic heterocycles. The molecule has 0 aliphatic carbocycles. The Labute approximate surface area is 107 Å². The van der Waals surface area contributed by atoms with Crippen LogP contribution in [0.2, 0.25) is 0 Å². The molecular weight excluding hydrogens is 228 g/mol. The number of rotatable bonds is 4. The zero-order valence-electron chi connectivity index (χ0n) is 10.6. The first-order chi connectivity index (χ1) is 8.72. The van der Waals surface area contributed by atoms with Crippen molar-refractivity contribution in [2.45, 2.75) is 44.7 Å². The third kappa shape index (κ3) is 2.75. The van der Waals surface area contributed by atoms with E-state index in [2.05, 4.69) is 11.9 Å². The highest BCUT2D eigenvalue weighted by Crippen LogP contribution is 2.31. The molecule has 0 bridgehead atoms. The van der Waals surface area contributed by atoms with Crippen LogP contribution in [0.15, 0.2) is 35.3 Å². The Morgan fingerprint density at radius 3 is 2.72 bits per heavy atom. The third-order valence-electron chi connectivity index (χ3n) is 3.37. The van der Waals surface area contributed by atoms with Crippen LogP contribution in [0.4, 0.5) is 0 Å². The summed E-state index contributed by atoms with van der Waals surface area (Å²) in [6, 6.07) is 8.72. The molecule has 1 aromatic rings. The van der Waals surface area contributed by atoms with Crippen molar-refractivity contribution in [2.75, 3.05) is 0 Å². The van der Waals surface area contributed by atoms with Crippen molar-refractivity contribution >= 4 is 5.71 Å². The van der Waals surface area contributed by atoms with Crippen molar-refractivity contribution in [3.8, 4) is 0 Å². The molecule has 96 valence electrons. The molecule has 0 radical (unpaired) electrons. The van der Waals surface area contributed by atoms with Crippen LogP contribution < -0.4 is 0 Å². The van der Waals surface area contributed by atoms with Gasteiger partial charge in [-0.05, 0) is 18.4 Å². The van der Waals surface area contributed by atoms with Crippen LogP contribution in [0.3, 0.4) is 0 Å². The van der Waals surface area contributed by atoms with E-state index in [9.17, 15) is 10.1 Å². The maximum atomic E-state index is 11.1. The van der Waals surface area contributed by atoms with Crippen molar-refractivity contribution in [2.24, 2.45) is 4.99 Å². The molecule has 4 nitrogen and oxygen atoms in total. The second kappa shape index (κ2) is 5.76. The lowest BCUT2D eigenvalue weighted by Gasteiger charge is -2.24. The van der Waals surface area contributed by atoms with Crippen LogP contribution in [0.5, 0.6) is 0 Å². The molecule has 1 aliphatic rings. The molecule has 0 amide bonds. The van der Waals surface area contributed by atoms with Gasteiger partial charge in [-0.2, -0.15) is 0 Å². The monoisotopic (exact) mass is 246 g/mol. The fourth-order valence-corrected chi connectivity index (χ4v) is 2.47. The zero-order chi connectivity index (χ0) is 13.0. The Hall–Kier alpha value is -1.71. The zero-order valence-corrected chi connectivity index (χ0v) is 10.6. The first-order valence-corrected chi connectivity index (χ1v) is 6.46. The molecule has 1 aliphatic heterocycles. The summed E-state index contributed by atoms with van der Waals surface area (Å²) >= 11 is 0.